The Morgan fingerprint density at radius 3 is 2.48 bits per heavy atom. The van der Waals surface area contributed by atoms with Crippen LogP contribution in [0.15, 0.2) is 46.0 Å². The van der Waals surface area contributed by atoms with Gasteiger partial charge in [0.05, 0.1) is 11.7 Å². The van der Waals surface area contributed by atoms with Crippen molar-refractivity contribution >= 4 is 10.9 Å². The van der Waals surface area contributed by atoms with Crippen LogP contribution >= 0.6 is 0 Å². The van der Waals surface area contributed by atoms with Crippen LogP contribution in [-0.2, 0) is 6.42 Å². The number of aromatic hydroxyl groups is 1. The predicted molar refractivity (Wildman–Crippen MR) is 120 cm³/mol. The number of fused-ring (bicyclic) bond motifs is 3. The maximum absolute atomic E-state index is 12.9. The van der Waals surface area contributed by atoms with Crippen molar-refractivity contribution in [3.63, 3.8) is 0 Å². The van der Waals surface area contributed by atoms with Crippen LogP contribution in [0.5, 0.6) is 5.88 Å². The molecule has 2 aromatic carbocycles. The van der Waals surface area contributed by atoms with Gasteiger partial charge in [-0.25, -0.2) is 9.36 Å². The molecule has 4 aromatic rings. The molecule has 3 heterocycles. The van der Waals surface area contributed by atoms with Crippen molar-refractivity contribution in [2.24, 2.45) is 0 Å². The Kier molecular flexibility index (Phi) is 4.37. The summed E-state index contributed by atoms with van der Waals surface area (Å²) in [6.07, 6.45) is 0.810. The molecule has 0 bridgehead atoms. The molecule has 0 unspecified atom stereocenters. The van der Waals surface area contributed by atoms with E-state index >= 15 is 0 Å². The maximum Gasteiger partial charge on any atom is 0.335 e. The molecule has 1 aliphatic rings. The van der Waals surface area contributed by atoms with E-state index in [1.165, 1.54) is 4.57 Å². The molecule has 0 saturated heterocycles. The fraction of sp³-hybridized carbons (Fsp3) is 0.250. The zero-order valence-electron chi connectivity index (χ0n) is 17.7. The van der Waals surface area contributed by atoms with E-state index in [4.69, 9.17) is 0 Å². The van der Waals surface area contributed by atoms with Crippen LogP contribution in [0.25, 0.3) is 16.6 Å². The van der Waals surface area contributed by atoms with Gasteiger partial charge in [0.1, 0.15) is 5.56 Å². The third kappa shape index (κ3) is 2.92. The molecule has 2 aromatic heterocycles. The first-order valence-corrected chi connectivity index (χ1v) is 10.4. The van der Waals surface area contributed by atoms with Crippen LogP contribution < -0.4 is 16.6 Å². The predicted octanol–water partition coefficient (Wildman–Crippen LogP) is 2.87. The molecule has 7 heteroatoms. The summed E-state index contributed by atoms with van der Waals surface area (Å²) >= 11 is 0. The van der Waals surface area contributed by atoms with Gasteiger partial charge in [-0.3, -0.25) is 9.78 Å². The van der Waals surface area contributed by atoms with E-state index < -0.39 is 17.3 Å². The first kappa shape index (κ1) is 19.4. The standard InChI is InChI=1S/C24H24N4O3/c1-12-10-13(2)21(14(3)11-12)28-23(30)18(22(29)27-24(28)31)20-19-16(8-9-25-20)15-6-4-5-7-17(15)26-19/h4-7,10-11,20,25-26,30H,8-9H2,1-3H3,(H,27,29,31)/t20-/m1/s1. The van der Waals surface area contributed by atoms with Gasteiger partial charge in [-0.2, -0.15) is 0 Å². The molecular formula is C24H24N4O3. The monoisotopic (exact) mass is 416 g/mol. The Labute approximate surface area is 178 Å². The minimum Gasteiger partial charge on any atom is -0.494 e. The SMILES string of the molecule is Cc1cc(C)c(-n2c(O)c([C@H]3NCCc4c3[nH]c3ccccc43)c(=O)[nH]c2=O)c(C)c1. The summed E-state index contributed by atoms with van der Waals surface area (Å²) in [6, 6.07) is 11.3. The lowest BCUT2D eigenvalue weighted by Crippen LogP contribution is -2.39. The number of nitrogens with one attached hydrogen (secondary N) is 3. The maximum atomic E-state index is 12.9. The van der Waals surface area contributed by atoms with Crippen LogP contribution in [0.3, 0.4) is 0 Å². The lowest BCUT2D eigenvalue weighted by Gasteiger charge is -2.26. The molecule has 4 N–H and O–H groups in total. The number of hydrogen-bond acceptors (Lipinski definition) is 4. The minimum atomic E-state index is -0.658. The molecule has 0 fully saturated rings. The Bertz CT molecular complexity index is 1440. The summed E-state index contributed by atoms with van der Waals surface area (Å²) in [5, 5.41) is 15.7. The van der Waals surface area contributed by atoms with E-state index in [-0.39, 0.29) is 11.4 Å². The third-order valence-corrected chi connectivity index (χ3v) is 6.13. The molecule has 0 spiro atoms. The zero-order chi connectivity index (χ0) is 21.9. The first-order chi connectivity index (χ1) is 14.9. The summed E-state index contributed by atoms with van der Waals surface area (Å²) in [5.74, 6) is -0.340. The van der Waals surface area contributed by atoms with E-state index in [9.17, 15) is 14.7 Å². The number of para-hydroxylation sites is 1. The number of aryl methyl sites for hydroxylation is 3. The fourth-order valence-corrected chi connectivity index (χ4v) is 4.96. The van der Waals surface area contributed by atoms with Crippen molar-refractivity contribution < 1.29 is 5.11 Å². The third-order valence-electron chi connectivity index (χ3n) is 6.13. The molecule has 5 rings (SSSR count). The van der Waals surface area contributed by atoms with Crippen LogP contribution in [0.2, 0.25) is 0 Å². The number of benzene rings is 2. The molecule has 0 radical (unpaired) electrons. The van der Waals surface area contributed by atoms with E-state index in [0.717, 1.165) is 45.3 Å². The van der Waals surface area contributed by atoms with Gasteiger partial charge in [0.25, 0.3) is 5.56 Å². The lowest BCUT2D eigenvalue weighted by molar-refractivity contribution is 0.409. The van der Waals surface area contributed by atoms with Crippen LogP contribution in [0.1, 0.15) is 39.6 Å². The molecule has 7 nitrogen and oxygen atoms in total. The van der Waals surface area contributed by atoms with Crippen molar-refractivity contribution in [1.29, 1.82) is 0 Å². The quantitative estimate of drug-likeness (QED) is 0.403. The average Bonchev–Trinajstić information content (AvgIpc) is 3.09. The summed E-state index contributed by atoms with van der Waals surface area (Å²) < 4.78 is 1.21. The molecule has 0 saturated carbocycles. The van der Waals surface area contributed by atoms with Crippen LogP contribution in [-0.4, -0.2) is 26.2 Å². The highest BCUT2D eigenvalue weighted by Gasteiger charge is 2.31. The van der Waals surface area contributed by atoms with Crippen molar-refractivity contribution in [2.75, 3.05) is 6.54 Å². The Hall–Kier alpha value is -3.58. The number of rotatable bonds is 2. The van der Waals surface area contributed by atoms with Crippen molar-refractivity contribution in [3.05, 3.63) is 90.7 Å². The number of aromatic nitrogens is 3. The van der Waals surface area contributed by atoms with Gasteiger partial charge in [-0.05, 0) is 49.9 Å². The highest BCUT2D eigenvalue weighted by molar-refractivity contribution is 5.85. The lowest BCUT2D eigenvalue weighted by atomic mass is 9.95. The molecule has 31 heavy (non-hydrogen) atoms. The Balaban J connectivity index is 1.78. The molecule has 0 amide bonds. The number of hydrogen-bond donors (Lipinski definition) is 4. The van der Waals surface area contributed by atoms with Crippen molar-refractivity contribution in [1.82, 2.24) is 19.9 Å². The van der Waals surface area contributed by atoms with Crippen molar-refractivity contribution in [2.45, 2.75) is 33.2 Å². The molecule has 0 aliphatic carbocycles. The number of nitrogens with zero attached hydrogens (tertiary/aromatic N) is 1. The average molecular weight is 416 g/mol. The highest BCUT2D eigenvalue weighted by Crippen LogP contribution is 2.35. The largest absolute Gasteiger partial charge is 0.494 e. The van der Waals surface area contributed by atoms with Gasteiger partial charge in [-0.1, -0.05) is 35.9 Å². The Morgan fingerprint density at radius 1 is 1.03 bits per heavy atom. The van der Waals surface area contributed by atoms with Gasteiger partial charge >= 0.3 is 5.69 Å². The zero-order valence-corrected chi connectivity index (χ0v) is 17.7. The second kappa shape index (κ2) is 6.99. The molecule has 158 valence electrons. The smallest absolute Gasteiger partial charge is 0.335 e. The highest BCUT2D eigenvalue weighted by atomic mass is 16.3. The molecule has 1 atom stereocenters. The minimum absolute atomic E-state index is 0.131. The van der Waals surface area contributed by atoms with Crippen LogP contribution in [0, 0.1) is 20.8 Å². The fourth-order valence-electron chi connectivity index (χ4n) is 4.96. The number of H-pyrrole nitrogens is 2. The normalized spacial score (nSPS) is 15.9. The van der Waals surface area contributed by atoms with E-state index in [0.29, 0.717) is 12.2 Å². The van der Waals surface area contributed by atoms with E-state index in [1.54, 1.807) is 0 Å². The second-order valence-corrected chi connectivity index (χ2v) is 8.28. The van der Waals surface area contributed by atoms with E-state index in [1.807, 2.05) is 51.1 Å². The summed E-state index contributed by atoms with van der Waals surface area (Å²) in [5.41, 5.74) is 5.16. The second-order valence-electron chi connectivity index (χ2n) is 8.28. The molecule has 1 aliphatic heterocycles. The summed E-state index contributed by atoms with van der Waals surface area (Å²) in [6.45, 7) is 6.41. The van der Waals surface area contributed by atoms with Gasteiger partial charge in [-0.15, -0.1) is 0 Å². The first-order valence-electron chi connectivity index (χ1n) is 10.4. The summed E-state index contributed by atoms with van der Waals surface area (Å²) in [7, 11) is 0. The molecular weight excluding hydrogens is 392 g/mol. The van der Waals surface area contributed by atoms with Crippen LogP contribution in [0.4, 0.5) is 0 Å². The van der Waals surface area contributed by atoms with Gasteiger partial charge < -0.3 is 15.4 Å². The number of aromatic amines is 2. The topological polar surface area (TPSA) is 103 Å². The van der Waals surface area contributed by atoms with Crippen molar-refractivity contribution in [3.8, 4) is 11.6 Å². The summed E-state index contributed by atoms with van der Waals surface area (Å²) in [4.78, 5) is 31.5. The Morgan fingerprint density at radius 2 is 1.74 bits per heavy atom. The van der Waals surface area contributed by atoms with Gasteiger partial charge in [0, 0.05) is 23.1 Å². The van der Waals surface area contributed by atoms with Gasteiger partial charge in [0.2, 0.25) is 5.88 Å². The van der Waals surface area contributed by atoms with Gasteiger partial charge in [0.15, 0.2) is 0 Å². The van der Waals surface area contributed by atoms with E-state index in [2.05, 4.69) is 21.4 Å².